The number of pyridine rings is 2. The van der Waals surface area contributed by atoms with E-state index in [2.05, 4.69) is 44.4 Å². The quantitative estimate of drug-likeness (QED) is 0.361. The highest BCUT2D eigenvalue weighted by atomic mass is 32.1. The van der Waals surface area contributed by atoms with Crippen molar-refractivity contribution in [1.29, 1.82) is 0 Å². The summed E-state index contributed by atoms with van der Waals surface area (Å²) in [6.45, 7) is 10.6. The van der Waals surface area contributed by atoms with Crippen LogP contribution in [0.4, 0.5) is 5.69 Å². The number of amides is 2. The van der Waals surface area contributed by atoms with Crippen LogP contribution in [0.1, 0.15) is 61.6 Å². The van der Waals surface area contributed by atoms with Crippen LogP contribution in [0.15, 0.2) is 43.0 Å². The third kappa shape index (κ3) is 5.26. The van der Waals surface area contributed by atoms with E-state index >= 15 is 0 Å². The Morgan fingerprint density at radius 3 is 2.70 bits per heavy atom. The Morgan fingerprint density at radius 2 is 1.97 bits per heavy atom. The van der Waals surface area contributed by atoms with Gasteiger partial charge in [0.2, 0.25) is 0 Å². The standard InChI is InChI=1S/C27H31N7O2S.2H2/c1-17-6-7-19(13-29-17)23-16-34-26(37-23)21(15-31-34)25(36)32-22-12-20(14-30-18(22)2)24(35)28-9-11-33-10-5-8-27(33,3)4;;/h6-7,12-16H,5,8-11H2,1-4H3,(H,28,35)(H,32,36);2*1H. The summed E-state index contributed by atoms with van der Waals surface area (Å²) in [6.07, 6.45) is 9.16. The molecule has 4 aromatic rings. The fraction of sp³-hybridized carbons (Fsp3) is 0.370. The van der Waals surface area contributed by atoms with Crippen molar-refractivity contribution < 1.29 is 12.4 Å². The first-order valence-corrected chi connectivity index (χ1v) is 13.2. The molecule has 37 heavy (non-hydrogen) atoms. The second-order valence-corrected chi connectivity index (χ2v) is 11.1. The van der Waals surface area contributed by atoms with Crippen LogP contribution < -0.4 is 10.6 Å². The zero-order valence-corrected chi connectivity index (χ0v) is 22.4. The highest BCUT2D eigenvalue weighted by molar-refractivity contribution is 7.21. The monoisotopic (exact) mass is 521 g/mol. The smallest absolute Gasteiger partial charge is 0.260 e. The van der Waals surface area contributed by atoms with E-state index in [0.717, 1.165) is 34.1 Å². The minimum atomic E-state index is -0.302. The molecule has 0 radical (unpaired) electrons. The average Bonchev–Trinajstić information content (AvgIpc) is 3.55. The second kappa shape index (κ2) is 10.0. The summed E-state index contributed by atoms with van der Waals surface area (Å²) in [5.74, 6) is -0.508. The van der Waals surface area contributed by atoms with Gasteiger partial charge in [0.05, 0.1) is 33.6 Å². The maximum Gasteiger partial charge on any atom is 0.260 e. The normalized spacial score (nSPS) is 15.2. The number of carbonyl (C=O) groups is 2. The highest BCUT2D eigenvalue weighted by Crippen LogP contribution is 2.31. The lowest BCUT2D eigenvalue weighted by Gasteiger charge is -2.31. The van der Waals surface area contributed by atoms with Gasteiger partial charge in [0, 0.05) is 51.3 Å². The van der Waals surface area contributed by atoms with Gasteiger partial charge in [-0.05, 0) is 59.2 Å². The lowest BCUT2D eigenvalue weighted by atomic mass is 10.0. The molecule has 0 aliphatic carbocycles. The first-order chi connectivity index (χ1) is 17.7. The van der Waals surface area contributed by atoms with E-state index in [1.807, 2.05) is 31.5 Å². The summed E-state index contributed by atoms with van der Waals surface area (Å²) in [5.41, 5.74) is 4.08. The molecule has 0 unspecified atom stereocenters. The van der Waals surface area contributed by atoms with Gasteiger partial charge in [0.25, 0.3) is 11.8 Å². The molecule has 0 atom stereocenters. The molecule has 1 aliphatic rings. The van der Waals surface area contributed by atoms with E-state index in [-0.39, 0.29) is 20.2 Å². The first kappa shape index (κ1) is 25.0. The number of likely N-dealkylation sites (tertiary alicyclic amines) is 1. The number of rotatable bonds is 7. The molecule has 1 aliphatic heterocycles. The van der Waals surface area contributed by atoms with Gasteiger partial charge < -0.3 is 10.6 Å². The number of hydrogen-bond acceptors (Lipinski definition) is 7. The zero-order valence-electron chi connectivity index (χ0n) is 21.5. The molecule has 10 heteroatoms. The van der Waals surface area contributed by atoms with Crippen LogP contribution in [0.5, 0.6) is 0 Å². The summed E-state index contributed by atoms with van der Waals surface area (Å²) < 4.78 is 1.70. The summed E-state index contributed by atoms with van der Waals surface area (Å²) in [7, 11) is 0. The van der Waals surface area contributed by atoms with E-state index in [4.69, 9.17) is 0 Å². The maximum absolute atomic E-state index is 13.2. The molecule has 0 aromatic carbocycles. The molecule has 0 saturated carbocycles. The molecule has 0 bridgehead atoms. The van der Waals surface area contributed by atoms with Gasteiger partial charge in [-0.15, -0.1) is 11.3 Å². The molecule has 196 valence electrons. The van der Waals surface area contributed by atoms with Crippen molar-refractivity contribution in [2.75, 3.05) is 25.0 Å². The summed E-state index contributed by atoms with van der Waals surface area (Å²) in [6, 6.07) is 5.64. The molecule has 0 spiro atoms. The van der Waals surface area contributed by atoms with Crippen molar-refractivity contribution >= 4 is 33.7 Å². The van der Waals surface area contributed by atoms with Gasteiger partial charge in [0.15, 0.2) is 0 Å². The van der Waals surface area contributed by atoms with Crippen LogP contribution in [0.25, 0.3) is 15.3 Å². The van der Waals surface area contributed by atoms with Crippen molar-refractivity contribution in [1.82, 2.24) is 29.8 Å². The van der Waals surface area contributed by atoms with E-state index in [1.165, 1.54) is 24.2 Å². The van der Waals surface area contributed by atoms with Gasteiger partial charge in [0.1, 0.15) is 4.83 Å². The van der Waals surface area contributed by atoms with Crippen LogP contribution in [-0.4, -0.2) is 61.5 Å². The summed E-state index contributed by atoms with van der Waals surface area (Å²) in [5, 5.41) is 10.3. The number of carbonyl (C=O) groups excluding carboxylic acids is 2. The minimum absolute atomic E-state index is 0. The number of hydrogen-bond donors (Lipinski definition) is 2. The third-order valence-corrected chi connectivity index (χ3v) is 8.13. The van der Waals surface area contributed by atoms with Crippen molar-refractivity contribution in [2.24, 2.45) is 0 Å². The van der Waals surface area contributed by atoms with Gasteiger partial charge in [-0.1, -0.05) is 6.07 Å². The Bertz CT molecular complexity index is 1470. The Balaban J connectivity index is 0.00000210. The van der Waals surface area contributed by atoms with Gasteiger partial charge in [-0.3, -0.25) is 24.5 Å². The molecule has 1 saturated heterocycles. The number of aryl methyl sites for hydroxylation is 2. The van der Waals surface area contributed by atoms with E-state index < -0.39 is 0 Å². The SMILES string of the molecule is Cc1ccc(-c2cn3ncc(C(=O)Nc4cc(C(=O)NCCN5CCCC5(C)C)cnc4C)c3s2)cn1.[HH].[HH]. The highest BCUT2D eigenvalue weighted by Gasteiger charge is 2.31. The lowest BCUT2D eigenvalue weighted by Crippen LogP contribution is -2.43. The number of aromatic nitrogens is 4. The van der Waals surface area contributed by atoms with E-state index in [0.29, 0.717) is 29.1 Å². The average molecular weight is 522 g/mol. The molecule has 5 rings (SSSR count). The molecule has 5 heterocycles. The van der Waals surface area contributed by atoms with Crippen molar-refractivity contribution in [3.63, 3.8) is 0 Å². The Labute approximate surface area is 222 Å². The largest absolute Gasteiger partial charge is 0.351 e. The molecular weight excluding hydrogens is 486 g/mol. The third-order valence-electron chi connectivity index (χ3n) is 6.97. The van der Waals surface area contributed by atoms with Crippen LogP contribution in [0, 0.1) is 13.8 Å². The zero-order chi connectivity index (χ0) is 26.2. The molecule has 4 aromatic heterocycles. The fourth-order valence-corrected chi connectivity index (χ4v) is 5.69. The van der Waals surface area contributed by atoms with Crippen LogP contribution in [0.3, 0.4) is 0 Å². The second-order valence-electron chi connectivity index (χ2n) is 10.1. The molecule has 9 nitrogen and oxygen atoms in total. The van der Waals surface area contributed by atoms with Crippen LogP contribution in [-0.2, 0) is 0 Å². The van der Waals surface area contributed by atoms with Crippen LogP contribution >= 0.6 is 11.3 Å². The predicted octanol–water partition coefficient (Wildman–Crippen LogP) is 4.82. The summed E-state index contributed by atoms with van der Waals surface area (Å²) >= 11 is 1.48. The molecule has 2 N–H and O–H groups in total. The lowest BCUT2D eigenvalue weighted by molar-refractivity contribution is 0.0938. The van der Waals surface area contributed by atoms with Gasteiger partial charge >= 0.3 is 0 Å². The topological polar surface area (TPSA) is 105 Å². The van der Waals surface area contributed by atoms with Gasteiger partial charge in [-0.25, -0.2) is 4.52 Å². The maximum atomic E-state index is 13.2. The Hall–Kier alpha value is -3.63. The van der Waals surface area contributed by atoms with E-state index in [9.17, 15) is 9.59 Å². The minimum Gasteiger partial charge on any atom is -0.351 e. The van der Waals surface area contributed by atoms with E-state index in [1.54, 1.807) is 29.9 Å². The molecular formula is C27H35N7O2S. The number of fused-ring (bicyclic) bond motifs is 1. The van der Waals surface area contributed by atoms with Crippen molar-refractivity contribution in [2.45, 2.75) is 46.1 Å². The first-order valence-electron chi connectivity index (χ1n) is 12.4. The summed E-state index contributed by atoms with van der Waals surface area (Å²) in [4.78, 5) is 38.8. The van der Waals surface area contributed by atoms with Gasteiger partial charge in [-0.2, -0.15) is 5.10 Å². The molecule has 1 fully saturated rings. The number of nitrogens with one attached hydrogen (secondary N) is 2. The van der Waals surface area contributed by atoms with Crippen molar-refractivity contribution in [3.8, 4) is 10.4 Å². The fourth-order valence-electron chi connectivity index (χ4n) is 4.65. The molecule has 2 amide bonds. The Morgan fingerprint density at radius 1 is 1.14 bits per heavy atom. The number of thiazole rings is 1. The predicted molar refractivity (Wildman–Crippen MR) is 149 cm³/mol. The number of anilines is 1. The van der Waals surface area contributed by atoms with Crippen molar-refractivity contribution in [3.05, 3.63) is 65.5 Å². The number of nitrogens with zero attached hydrogens (tertiary/aromatic N) is 5. The Kier molecular flexibility index (Phi) is 6.78. The van der Waals surface area contributed by atoms with Crippen LogP contribution in [0.2, 0.25) is 0 Å².